The van der Waals surface area contributed by atoms with Gasteiger partial charge in [0.05, 0.1) is 0 Å². The highest BCUT2D eigenvalue weighted by Gasteiger charge is 2.21. The van der Waals surface area contributed by atoms with E-state index in [0.717, 1.165) is 24.2 Å². The fourth-order valence-electron chi connectivity index (χ4n) is 3.03. The van der Waals surface area contributed by atoms with E-state index < -0.39 is 5.91 Å². The predicted octanol–water partition coefficient (Wildman–Crippen LogP) is 3.13. The molecule has 0 radical (unpaired) electrons. The van der Waals surface area contributed by atoms with Gasteiger partial charge in [-0.15, -0.1) is 0 Å². The van der Waals surface area contributed by atoms with Gasteiger partial charge < -0.3 is 10.6 Å². The number of benzene rings is 2. The van der Waals surface area contributed by atoms with Crippen LogP contribution in [0, 0.1) is 0 Å². The van der Waals surface area contributed by atoms with Gasteiger partial charge in [0.25, 0.3) is 5.91 Å². The molecule has 0 saturated heterocycles. The fraction of sp³-hybridized carbons (Fsp3) is 0.200. The van der Waals surface area contributed by atoms with Crippen molar-refractivity contribution in [2.45, 2.75) is 18.8 Å². The third kappa shape index (κ3) is 4.49. The lowest BCUT2D eigenvalue weighted by molar-refractivity contribution is -0.124. The van der Waals surface area contributed by atoms with Crippen LogP contribution in [0.5, 0.6) is 0 Å². The Kier molecular flexibility index (Phi) is 5.66. The van der Waals surface area contributed by atoms with Crippen LogP contribution in [0.1, 0.15) is 29.9 Å². The van der Waals surface area contributed by atoms with Crippen molar-refractivity contribution in [2.75, 3.05) is 17.2 Å². The number of fused-ring (bicyclic) bond motifs is 1. The minimum Gasteiger partial charge on any atom is -0.384 e. The molecule has 2 aromatic carbocycles. The van der Waals surface area contributed by atoms with Crippen molar-refractivity contribution in [3.63, 3.8) is 0 Å². The van der Waals surface area contributed by atoms with E-state index in [-0.39, 0.29) is 5.91 Å². The smallest absolute Gasteiger partial charge is 0.267 e. The Balaban J connectivity index is 1.49. The number of carbonyl (C=O) groups is 2. The summed E-state index contributed by atoms with van der Waals surface area (Å²) < 4.78 is 0. The molecule has 2 aromatic rings. The van der Waals surface area contributed by atoms with Gasteiger partial charge in [0.15, 0.2) is 0 Å². The fourth-order valence-corrected chi connectivity index (χ4v) is 3.03. The zero-order valence-electron chi connectivity index (χ0n) is 14.2. The van der Waals surface area contributed by atoms with E-state index in [1.165, 1.54) is 17.1 Å². The van der Waals surface area contributed by atoms with Crippen molar-refractivity contribution >= 4 is 29.3 Å². The van der Waals surface area contributed by atoms with Gasteiger partial charge in [-0.3, -0.25) is 14.8 Å². The highest BCUT2D eigenvalue weighted by Crippen LogP contribution is 2.33. The predicted molar refractivity (Wildman–Crippen MR) is 101 cm³/mol. The van der Waals surface area contributed by atoms with Gasteiger partial charge in [-0.25, -0.2) is 5.48 Å². The molecule has 1 atom stereocenters. The summed E-state index contributed by atoms with van der Waals surface area (Å²) in [5.41, 5.74) is 5.48. The number of nitrogens with one attached hydrogen (secondary N) is 3. The highest BCUT2D eigenvalue weighted by molar-refractivity contribution is 5.92. The molecule has 134 valence electrons. The van der Waals surface area contributed by atoms with Crippen LogP contribution in [-0.2, 0) is 9.59 Å². The molecule has 0 aliphatic carbocycles. The van der Waals surface area contributed by atoms with Gasteiger partial charge in [0.1, 0.15) is 0 Å². The summed E-state index contributed by atoms with van der Waals surface area (Å²) in [6.45, 7) is 0.870. The monoisotopic (exact) mass is 351 g/mol. The van der Waals surface area contributed by atoms with Gasteiger partial charge in [-0.2, -0.15) is 0 Å². The van der Waals surface area contributed by atoms with Crippen LogP contribution in [0.4, 0.5) is 11.4 Å². The molecule has 0 saturated carbocycles. The van der Waals surface area contributed by atoms with Gasteiger partial charge >= 0.3 is 0 Å². The molecule has 4 N–H and O–H groups in total. The molecular formula is C20H21N3O3. The van der Waals surface area contributed by atoms with Crippen molar-refractivity contribution < 1.29 is 14.8 Å². The second-order valence-corrected chi connectivity index (χ2v) is 6.18. The largest absolute Gasteiger partial charge is 0.384 e. The van der Waals surface area contributed by atoms with Gasteiger partial charge in [-0.1, -0.05) is 30.3 Å². The average Bonchev–Trinajstić information content (AvgIpc) is 3.09. The molecule has 1 unspecified atom stereocenters. The van der Waals surface area contributed by atoms with E-state index in [4.69, 9.17) is 5.21 Å². The van der Waals surface area contributed by atoms with Gasteiger partial charge in [0, 0.05) is 36.3 Å². The minimum atomic E-state index is -0.592. The molecule has 1 heterocycles. The number of hydroxylamine groups is 1. The first-order valence-electron chi connectivity index (χ1n) is 8.50. The standard InChI is InChI=1S/C20H21N3O3/c24-19(12-8-15-13-21-18-4-2-1-3-17(15)18)22-16-9-5-14(6-10-16)7-11-20(25)23-26/h1-7,9-11,15,21,26H,8,12-13H2,(H,22,24)(H,23,25). The Morgan fingerprint density at radius 2 is 1.92 bits per heavy atom. The van der Waals surface area contributed by atoms with Crippen molar-refractivity contribution in [3.8, 4) is 0 Å². The maximum atomic E-state index is 12.2. The molecule has 0 spiro atoms. The molecule has 2 amide bonds. The van der Waals surface area contributed by atoms with Crippen molar-refractivity contribution in [1.82, 2.24) is 5.48 Å². The second kappa shape index (κ2) is 8.31. The maximum Gasteiger partial charge on any atom is 0.267 e. The van der Waals surface area contributed by atoms with E-state index >= 15 is 0 Å². The summed E-state index contributed by atoms with van der Waals surface area (Å²) in [5, 5.41) is 14.7. The summed E-state index contributed by atoms with van der Waals surface area (Å²) in [7, 11) is 0. The van der Waals surface area contributed by atoms with E-state index in [1.54, 1.807) is 30.3 Å². The summed E-state index contributed by atoms with van der Waals surface area (Å²) in [5.74, 6) is -0.246. The summed E-state index contributed by atoms with van der Waals surface area (Å²) in [6, 6.07) is 15.3. The Morgan fingerprint density at radius 1 is 1.15 bits per heavy atom. The summed E-state index contributed by atoms with van der Waals surface area (Å²) in [6.07, 6.45) is 4.05. The zero-order chi connectivity index (χ0) is 18.4. The number of hydrogen-bond donors (Lipinski definition) is 4. The van der Waals surface area contributed by atoms with Crippen LogP contribution < -0.4 is 16.1 Å². The third-order valence-electron chi connectivity index (χ3n) is 4.39. The van der Waals surface area contributed by atoms with Crippen molar-refractivity contribution in [3.05, 3.63) is 65.7 Å². The van der Waals surface area contributed by atoms with Crippen LogP contribution in [0.2, 0.25) is 0 Å². The highest BCUT2D eigenvalue weighted by atomic mass is 16.5. The first-order valence-corrected chi connectivity index (χ1v) is 8.50. The molecule has 0 fully saturated rings. The van der Waals surface area contributed by atoms with Crippen molar-refractivity contribution in [1.29, 1.82) is 0 Å². The molecule has 0 bridgehead atoms. The SMILES string of the molecule is O=C(C=Cc1ccc(NC(=O)CCC2CNc3ccccc32)cc1)NO. The summed E-state index contributed by atoms with van der Waals surface area (Å²) >= 11 is 0. The second-order valence-electron chi connectivity index (χ2n) is 6.18. The summed E-state index contributed by atoms with van der Waals surface area (Å²) in [4.78, 5) is 23.1. The lowest BCUT2D eigenvalue weighted by atomic mass is 9.96. The first-order chi connectivity index (χ1) is 12.7. The zero-order valence-corrected chi connectivity index (χ0v) is 14.2. The van der Waals surface area contributed by atoms with E-state index in [1.807, 2.05) is 12.1 Å². The Hall–Kier alpha value is -3.12. The van der Waals surface area contributed by atoms with Gasteiger partial charge in [0.2, 0.25) is 5.91 Å². The van der Waals surface area contributed by atoms with Crippen LogP contribution >= 0.6 is 0 Å². The number of amides is 2. The molecule has 3 rings (SSSR count). The number of carbonyl (C=O) groups excluding carboxylic acids is 2. The molecule has 0 aromatic heterocycles. The molecule has 1 aliphatic rings. The number of para-hydroxylation sites is 1. The Labute approximate surface area is 151 Å². The number of anilines is 2. The van der Waals surface area contributed by atoms with Gasteiger partial charge in [-0.05, 0) is 41.8 Å². The minimum absolute atomic E-state index is 0.0164. The third-order valence-corrected chi connectivity index (χ3v) is 4.39. The molecule has 26 heavy (non-hydrogen) atoms. The van der Waals surface area contributed by atoms with Crippen LogP contribution in [0.15, 0.2) is 54.6 Å². The maximum absolute atomic E-state index is 12.2. The van der Waals surface area contributed by atoms with E-state index in [9.17, 15) is 9.59 Å². The number of rotatable bonds is 6. The molecule has 6 nitrogen and oxygen atoms in total. The Morgan fingerprint density at radius 3 is 2.69 bits per heavy atom. The normalized spacial score (nSPS) is 15.3. The molecular weight excluding hydrogens is 330 g/mol. The lowest BCUT2D eigenvalue weighted by Gasteiger charge is -2.10. The van der Waals surface area contributed by atoms with E-state index in [2.05, 4.69) is 22.8 Å². The van der Waals surface area contributed by atoms with Crippen molar-refractivity contribution in [2.24, 2.45) is 0 Å². The van der Waals surface area contributed by atoms with E-state index in [0.29, 0.717) is 18.0 Å². The lowest BCUT2D eigenvalue weighted by Crippen LogP contribution is -2.14. The van der Waals surface area contributed by atoms with Crippen LogP contribution in [0.25, 0.3) is 6.08 Å². The topological polar surface area (TPSA) is 90.5 Å². The molecule has 1 aliphatic heterocycles. The number of hydrogen-bond acceptors (Lipinski definition) is 4. The first kappa shape index (κ1) is 17.7. The quantitative estimate of drug-likeness (QED) is 0.366. The average molecular weight is 351 g/mol. The van der Waals surface area contributed by atoms with Crippen LogP contribution in [-0.4, -0.2) is 23.6 Å². The van der Waals surface area contributed by atoms with Crippen LogP contribution in [0.3, 0.4) is 0 Å². The Bertz CT molecular complexity index is 815. The molecule has 6 heteroatoms.